The van der Waals surface area contributed by atoms with E-state index in [9.17, 15) is 4.79 Å². The quantitative estimate of drug-likeness (QED) is 0.865. The largest absolute Gasteiger partial charge is 0.351 e. The molecule has 0 bridgehead atoms. The number of nitrogens with zero attached hydrogens (tertiary/aromatic N) is 1. The third-order valence-corrected chi connectivity index (χ3v) is 3.75. The summed E-state index contributed by atoms with van der Waals surface area (Å²) < 4.78 is 0. The normalized spacial score (nSPS) is 11.4. The summed E-state index contributed by atoms with van der Waals surface area (Å²) in [6, 6.07) is 6.83. The van der Waals surface area contributed by atoms with Crippen LogP contribution in [-0.2, 0) is 0 Å². The first kappa shape index (κ1) is 16.7. The van der Waals surface area contributed by atoms with Crippen LogP contribution in [0.4, 0.5) is 0 Å². The van der Waals surface area contributed by atoms with E-state index in [2.05, 4.69) is 44.8 Å². The van der Waals surface area contributed by atoms with Gasteiger partial charge in [0.1, 0.15) is 0 Å². The maximum atomic E-state index is 12.1. The molecule has 1 rings (SSSR count). The predicted molar refractivity (Wildman–Crippen MR) is 85.2 cm³/mol. The minimum absolute atomic E-state index is 0.0144. The summed E-state index contributed by atoms with van der Waals surface area (Å²) >= 11 is 0. The van der Waals surface area contributed by atoms with Crippen LogP contribution >= 0.6 is 0 Å². The summed E-state index contributed by atoms with van der Waals surface area (Å²) in [7, 11) is 0. The molecule has 0 aromatic heterocycles. The van der Waals surface area contributed by atoms with Gasteiger partial charge in [-0.05, 0) is 64.8 Å². The minimum Gasteiger partial charge on any atom is -0.351 e. The van der Waals surface area contributed by atoms with Gasteiger partial charge in [0.25, 0.3) is 5.91 Å². The van der Waals surface area contributed by atoms with Crippen molar-refractivity contribution in [3.8, 4) is 0 Å². The van der Waals surface area contributed by atoms with Crippen molar-refractivity contribution in [1.82, 2.24) is 10.2 Å². The van der Waals surface area contributed by atoms with E-state index in [0.717, 1.165) is 17.7 Å². The summed E-state index contributed by atoms with van der Waals surface area (Å²) in [4.78, 5) is 14.5. The van der Waals surface area contributed by atoms with Crippen LogP contribution in [-0.4, -0.2) is 36.0 Å². The average Bonchev–Trinajstić information content (AvgIpc) is 2.36. The van der Waals surface area contributed by atoms with Crippen LogP contribution in [0.1, 0.15) is 49.2 Å². The van der Waals surface area contributed by atoms with Crippen molar-refractivity contribution in [1.29, 1.82) is 0 Å². The molecule has 0 atom stereocenters. The van der Waals surface area contributed by atoms with E-state index in [1.165, 1.54) is 5.56 Å². The van der Waals surface area contributed by atoms with Crippen LogP contribution < -0.4 is 5.32 Å². The highest BCUT2D eigenvalue weighted by Crippen LogP contribution is 2.09. The molecule has 1 amide bonds. The molecule has 20 heavy (non-hydrogen) atoms. The number of amides is 1. The lowest BCUT2D eigenvalue weighted by molar-refractivity contribution is 0.0939. The molecule has 0 radical (unpaired) electrons. The van der Waals surface area contributed by atoms with E-state index in [1.807, 2.05) is 25.1 Å². The first-order chi connectivity index (χ1) is 9.32. The number of hydrogen-bond acceptors (Lipinski definition) is 2. The summed E-state index contributed by atoms with van der Waals surface area (Å²) in [5.41, 5.74) is 3.12. The molecule has 3 nitrogen and oxygen atoms in total. The smallest absolute Gasteiger partial charge is 0.251 e. The molecule has 0 saturated heterocycles. The molecule has 0 aliphatic carbocycles. The lowest BCUT2D eigenvalue weighted by Gasteiger charge is -2.30. The standard InChI is InChI=1S/C17H28N2O/c1-12(2)19(13(3)4)10-9-18-17(20)16-8-7-14(5)15(6)11-16/h7-8,11-13H,9-10H2,1-6H3,(H,18,20). The average molecular weight is 276 g/mol. The SMILES string of the molecule is Cc1ccc(C(=O)NCCN(C(C)C)C(C)C)cc1C. The van der Waals surface area contributed by atoms with Crippen molar-refractivity contribution >= 4 is 5.91 Å². The van der Waals surface area contributed by atoms with Gasteiger partial charge in [-0.3, -0.25) is 9.69 Å². The number of aryl methyl sites for hydroxylation is 2. The van der Waals surface area contributed by atoms with E-state index in [-0.39, 0.29) is 5.91 Å². The predicted octanol–water partition coefficient (Wildman–Crippen LogP) is 3.15. The summed E-state index contributed by atoms with van der Waals surface area (Å²) in [5, 5.41) is 3.01. The molecular formula is C17H28N2O. The molecule has 1 aromatic carbocycles. The molecular weight excluding hydrogens is 248 g/mol. The van der Waals surface area contributed by atoms with Crippen molar-refractivity contribution in [2.45, 2.75) is 53.6 Å². The second-order valence-corrected chi connectivity index (χ2v) is 5.98. The summed E-state index contributed by atoms with van der Waals surface area (Å²) in [6.45, 7) is 14.4. The second-order valence-electron chi connectivity index (χ2n) is 5.98. The van der Waals surface area contributed by atoms with Gasteiger partial charge < -0.3 is 5.32 Å². The fourth-order valence-electron chi connectivity index (χ4n) is 2.40. The van der Waals surface area contributed by atoms with Gasteiger partial charge in [-0.1, -0.05) is 6.07 Å². The van der Waals surface area contributed by atoms with Gasteiger partial charge in [-0.25, -0.2) is 0 Å². The van der Waals surface area contributed by atoms with Gasteiger partial charge in [0.05, 0.1) is 0 Å². The Bertz CT molecular complexity index is 444. The van der Waals surface area contributed by atoms with Crippen LogP contribution in [0, 0.1) is 13.8 Å². The van der Waals surface area contributed by atoms with Gasteiger partial charge >= 0.3 is 0 Å². The molecule has 112 valence electrons. The van der Waals surface area contributed by atoms with Crippen LogP contribution in [0.3, 0.4) is 0 Å². The maximum absolute atomic E-state index is 12.1. The monoisotopic (exact) mass is 276 g/mol. The van der Waals surface area contributed by atoms with Gasteiger partial charge in [0.2, 0.25) is 0 Å². The zero-order chi connectivity index (χ0) is 15.3. The molecule has 0 unspecified atom stereocenters. The highest BCUT2D eigenvalue weighted by molar-refractivity contribution is 5.94. The van der Waals surface area contributed by atoms with Crippen LogP contribution in [0.5, 0.6) is 0 Å². The van der Waals surface area contributed by atoms with Gasteiger partial charge in [0.15, 0.2) is 0 Å². The number of carbonyl (C=O) groups excluding carboxylic acids is 1. The van der Waals surface area contributed by atoms with E-state index in [4.69, 9.17) is 0 Å². The Kier molecular flexibility index (Phi) is 6.21. The van der Waals surface area contributed by atoms with E-state index < -0.39 is 0 Å². The maximum Gasteiger partial charge on any atom is 0.251 e. The molecule has 1 aromatic rings. The molecule has 1 N–H and O–H groups in total. The van der Waals surface area contributed by atoms with E-state index in [1.54, 1.807) is 0 Å². The highest BCUT2D eigenvalue weighted by atomic mass is 16.1. The molecule has 0 saturated carbocycles. The van der Waals surface area contributed by atoms with E-state index in [0.29, 0.717) is 18.6 Å². The Labute approximate surface area is 123 Å². The van der Waals surface area contributed by atoms with E-state index >= 15 is 0 Å². The Hall–Kier alpha value is -1.35. The third-order valence-electron chi connectivity index (χ3n) is 3.75. The molecule has 0 heterocycles. The third kappa shape index (κ3) is 4.64. The Morgan fingerprint density at radius 3 is 2.20 bits per heavy atom. The number of nitrogens with one attached hydrogen (secondary N) is 1. The Balaban J connectivity index is 2.53. The second kappa shape index (κ2) is 7.44. The summed E-state index contributed by atoms with van der Waals surface area (Å²) in [5.74, 6) is 0.0144. The highest BCUT2D eigenvalue weighted by Gasteiger charge is 2.13. The van der Waals surface area contributed by atoms with Gasteiger partial charge in [-0.15, -0.1) is 0 Å². The van der Waals surface area contributed by atoms with Crippen molar-refractivity contribution in [3.05, 3.63) is 34.9 Å². The van der Waals surface area contributed by atoms with Crippen molar-refractivity contribution < 1.29 is 4.79 Å². The molecule has 0 aliphatic heterocycles. The number of benzene rings is 1. The fourth-order valence-corrected chi connectivity index (χ4v) is 2.40. The molecule has 0 spiro atoms. The molecule has 0 fully saturated rings. The zero-order valence-electron chi connectivity index (χ0n) is 13.7. The number of hydrogen-bond donors (Lipinski definition) is 1. The van der Waals surface area contributed by atoms with Crippen molar-refractivity contribution in [2.75, 3.05) is 13.1 Å². The van der Waals surface area contributed by atoms with Crippen LogP contribution in [0.15, 0.2) is 18.2 Å². The van der Waals surface area contributed by atoms with Crippen LogP contribution in [0.25, 0.3) is 0 Å². The Morgan fingerprint density at radius 1 is 1.10 bits per heavy atom. The topological polar surface area (TPSA) is 32.3 Å². The number of rotatable bonds is 6. The van der Waals surface area contributed by atoms with Crippen molar-refractivity contribution in [2.24, 2.45) is 0 Å². The lowest BCUT2D eigenvalue weighted by Crippen LogP contribution is -2.42. The minimum atomic E-state index is 0.0144. The molecule has 3 heteroatoms. The first-order valence-corrected chi connectivity index (χ1v) is 7.44. The Morgan fingerprint density at radius 2 is 1.70 bits per heavy atom. The van der Waals surface area contributed by atoms with Gasteiger partial charge in [-0.2, -0.15) is 0 Å². The van der Waals surface area contributed by atoms with Crippen molar-refractivity contribution in [3.63, 3.8) is 0 Å². The lowest BCUT2D eigenvalue weighted by atomic mass is 10.1. The van der Waals surface area contributed by atoms with Gasteiger partial charge in [0, 0.05) is 30.7 Å². The van der Waals surface area contributed by atoms with Crippen LogP contribution in [0.2, 0.25) is 0 Å². The fraction of sp³-hybridized carbons (Fsp3) is 0.588. The first-order valence-electron chi connectivity index (χ1n) is 7.44. The number of carbonyl (C=O) groups is 1. The molecule has 0 aliphatic rings. The summed E-state index contributed by atoms with van der Waals surface area (Å²) in [6.07, 6.45) is 0. The zero-order valence-corrected chi connectivity index (χ0v) is 13.7.